The van der Waals surface area contributed by atoms with Crippen LogP contribution in [0.15, 0.2) is 47.3 Å². The maximum Gasteiger partial charge on any atom is 0.0703 e. The Morgan fingerprint density at radius 2 is 2.22 bits per heavy atom. The minimum absolute atomic E-state index is 0.386. The fourth-order valence-electron chi connectivity index (χ4n) is 3.42. The number of aromatic amines is 1. The number of rotatable bonds is 6. The highest BCUT2D eigenvalue weighted by molar-refractivity contribution is 7.07. The van der Waals surface area contributed by atoms with Gasteiger partial charge in [0, 0.05) is 38.0 Å². The molecule has 0 saturated carbocycles. The molecule has 3 heterocycles. The summed E-state index contributed by atoms with van der Waals surface area (Å²) >= 11 is 1.77. The SMILES string of the molecule is c1cc(CN(Cc2ccsc2)CC2CCCO2)c2[nH]ccc2c1. The number of aromatic nitrogens is 1. The maximum absolute atomic E-state index is 5.87. The van der Waals surface area contributed by atoms with Crippen molar-refractivity contribution in [2.45, 2.75) is 32.0 Å². The fraction of sp³-hybridized carbons (Fsp3) is 0.368. The number of para-hydroxylation sites is 1. The van der Waals surface area contributed by atoms with Crippen LogP contribution in [0.4, 0.5) is 0 Å². The van der Waals surface area contributed by atoms with Crippen molar-refractivity contribution >= 4 is 22.2 Å². The third kappa shape index (κ3) is 3.50. The Bertz CT molecular complexity index is 744. The number of ether oxygens (including phenoxy) is 1. The summed E-state index contributed by atoms with van der Waals surface area (Å²) in [4.78, 5) is 5.91. The molecule has 1 aliphatic rings. The standard InChI is InChI=1S/C19H22N2OS/c1-3-16-6-8-20-19(16)17(4-1)12-21(11-15-7-10-23-14-15)13-18-5-2-9-22-18/h1,3-4,6-8,10,14,18,20H,2,5,9,11-13H2. The number of hydrogen-bond acceptors (Lipinski definition) is 3. The van der Waals surface area contributed by atoms with Gasteiger partial charge in [-0.2, -0.15) is 11.3 Å². The zero-order valence-electron chi connectivity index (χ0n) is 13.2. The van der Waals surface area contributed by atoms with E-state index in [1.54, 1.807) is 11.3 Å². The molecule has 0 spiro atoms. The minimum atomic E-state index is 0.386. The van der Waals surface area contributed by atoms with Gasteiger partial charge in [-0.25, -0.2) is 0 Å². The molecule has 1 saturated heterocycles. The Morgan fingerprint density at radius 1 is 1.22 bits per heavy atom. The molecule has 2 aromatic heterocycles. The Labute approximate surface area is 140 Å². The van der Waals surface area contributed by atoms with E-state index in [-0.39, 0.29) is 0 Å². The summed E-state index contributed by atoms with van der Waals surface area (Å²) in [5.41, 5.74) is 4.02. The third-order valence-corrected chi connectivity index (χ3v) is 5.27. The summed E-state index contributed by atoms with van der Waals surface area (Å²) in [5.74, 6) is 0. The van der Waals surface area contributed by atoms with E-state index in [1.807, 2.05) is 6.20 Å². The van der Waals surface area contributed by atoms with Crippen LogP contribution in [0.3, 0.4) is 0 Å². The lowest BCUT2D eigenvalue weighted by Gasteiger charge is -2.25. The van der Waals surface area contributed by atoms with Crippen molar-refractivity contribution in [2.24, 2.45) is 0 Å². The molecule has 1 unspecified atom stereocenters. The molecule has 1 aromatic carbocycles. The molecule has 1 fully saturated rings. The first-order chi connectivity index (χ1) is 11.4. The number of benzene rings is 1. The molecular formula is C19H22N2OS. The summed E-state index contributed by atoms with van der Waals surface area (Å²) in [6.45, 7) is 3.87. The predicted molar refractivity (Wildman–Crippen MR) is 95.7 cm³/mol. The molecule has 4 heteroatoms. The Morgan fingerprint density at radius 3 is 3.04 bits per heavy atom. The first-order valence-electron chi connectivity index (χ1n) is 8.28. The van der Waals surface area contributed by atoms with E-state index >= 15 is 0 Å². The normalized spacial score (nSPS) is 18.2. The van der Waals surface area contributed by atoms with Crippen molar-refractivity contribution in [3.8, 4) is 0 Å². The van der Waals surface area contributed by atoms with Crippen molar-refractivity contribution in [3.63, 3.8) is 0 Å². The zero-order chi connectivity index (χ0) is 15.5. The summed E-state index contributed by atoms with van der Waals surface area (Å²) in [7, 11) is 0. The molecule has 0 amide bonds. The van der Waals surface area contributed by atoms with Crippen LogP contribution in [-0.4, -0.2) is 29.1 Å². The lowest BCUT2D eigenvalue weighted by Crippen LogP contribution is -2.31. The van der Waals surface area contributed by atoms with E-state index in [2.05, 4.69) is 51.0 Å². The molecule has 3 nitrogen and oxygen atoms in total. The number of hydrogen-bond donors (Lipinski definition) is 1. The van der Waals surface area contributed by atoms with Gasteiger partial charge in [0.25, 0.3) is 0 Å². The van der Waals surface area contributed by atoms with Crippen molar-refractivity contribution in [1.82, 2.24) is 9.88 Å². The lowest BCUT2D eigenvalue weighted by molar-refractivity contribution is 0.0681. The van der Waals surface area contributed by atoms with E-state index in [0.29, 0.717) is 6.10 Å². The molecule has 23 heavy (non-hydrogen) atoms. The number of nitrogens with one attached hydrogen (secondary N) is 1. The predicted octanol–water partition coefficient (Wildman–Crippen LogP) is 4.41. The van der Waals surface area contributed by atoms with Gasteiger partial charge in [-0.15, -0.1) is 0 Å². The highest BCUT2D eigenvalue weighted by atomic mass is 32.1. The second-order valence-electron chi connectivity index (χ2n) is 6.30. The number of thiophene rings is 1. The Balaban J connectivity index is 1.55. The zero-order valence-corrected chi connectivity index (χ0v) is 14.0. The largest absolute Gasteiger partial charge is 0.377 e. The van der Waals surface area contributed by atoms with Gasteiger partial charge in [0.15, 0.2) is 0 Å². The molecule has 1 aliphatic heterocycles. The summed E-state index contributed by atoms with van der Waals surface area (Å²) in [5, 5.41) is 5.69. The van der Waals surface area contributed by atoms with Gasteiger partial charge in [-0.3, -0.25) is 4.90 Å². The van der Waals surface area contributed by atoms with Crippen LogP contribution < -0.4 is 0 Å². The van der Waals surface area contributed by atoms with Crippen LogP contribution in [0.5, 0.6) is 0 Å². The van der Waals surface area contributed by atoms with Gasteiger partial charge >= 0.3 is 0 Å². The summed E-state index contributed by atoms with van der Waals surface area (Å²) < 4.78 is 5.87. The van der Waals surface area contributed by atoms with Crippen molar-refractivity contribution in [1.29, 1.82) is 0 Å². The number of nitrogens with zero attached hydrogens (tertiary/aromatic N) is 1. The summed E-state index contributed by atoms with van der Waals surface area (Å²) in [6, 6.07) is 10.9. The Kier molecular flexibility index (Phi) is 4.46. The smallest absolute Gasteiger partial charge is 0.0703 e. The van der Waals surface area contributed by atoms with Gasteiger partial charge < -0.3 is 9.72 Å². The van der Waals surface area contributed by atoms with Gasteiger partial charge in [0.1, 0.15) is 0 Å². The van der Waals surface area contributed by atoms with Gasteiger partial charge in [-0.1, -0.05) is 18.2 Å². The monoisotopic (exact) mass is 326 g/mol. The molecule has 0 bridgehead atoms. The third-order valence-electron chi connectivity index (χ3n) is 4.54. The van der Waals surface area contributed by atoms with Gasteiger partial charge in [0.2, 0.25) is 0 Å². The minimum Gasteiger partial charge on any atom is -0.377 e. The summed E-state index contributed by atoms with van der Waals surface area (Å²) in [6.07, 6.45) is 4.80. The highest BCUT2D eigenvalue weighted by Gasteiger charge is 2.20. The number of fused-ring (bicyclic) bond motifs is 1. The van der Waals surface area contributed by atoms with Crippen LogP contribution in [0.2, 0.25) is 0 Å². The second kappa shape index (κ2) is 6.87. The van der Waals surface area contributed by atoms with Crippen molar-refractivity contribution in [2.75, 3.05) is 13.2 Å². The quantitative estimate of drug-likeness (QED) is 0.727. The van der Waals surface area contributed by atoms with E-state index < -0.39 is 0 Å². The average Bonchev–Trinajstić information content (AvgIpc) is 3.30. The molecule has 1 atom stereocenters. The molecule has 0 radical (unpaired) electrons. The Hall–Kier alpha value is -1.62. The van der Waals surface area contributed by atoms with Crippen LogP contribution in [0.1, 0.15) is 24.0 Å². The van der Waals surface area contributed by atoms with E-state index in [4.69, 9.17) is 4.74 Å². The van der Waals surface area contributed by atoms with Crippen molar-refractivity contribution in [3.05, 3.63) is 58.4 Å². The maximum atomic E-state index is 5.87. The molecule has 1 N–H and O–H groups in total. The molecule has 3 aromatic rings. The van der Waals surface area contributed by atoms with E-state index in [1.165, 1.54) is 34.9 Å². The van der Waals surface area contributed by atoms with Gasteiger partial charge in [0.05, 0.1) is 6.10 Å². The highest BCUT2D eigenvalue weighted by Crippen LogP contribution is 2.22. The first kappa shape index (κ1) is 14.9. The van der Waals surface area contributed by atoms with Crippen molar-refractivity contribution < 1.29 is 4.74 Å². The van der Waals surface area contributed by atoms with Crippen LogP contribution in [0.25, 0.3) is 10.9 Å². The molecular weight excluding hydrogens is 304 g/mol. The molecule has 120 valence electrons. The topological polar surface area (TPSA) is 28.3 Å². The second-order valence-corrected chi connectivity index (χ2v) is 7.08. The average molecular weight is 326 g/mol. The van der Waals surface area contributed by atoms with Crippen LogP contribution >= 0.6 is 11.3 Å². The molecule has 0 aliphatic carbocycles. The van der Waals surface area contributed by atoms with Crippen LogP contribution in [-0.2, 0) is 17.8 Å². The van der Waals surface area contributed by atoms with Gasteiger partial charge in [-0.05, 0) is 52.2 Å². The number of H-pyrrole nitrogens is 1. The fourth-order valence-corrected chi connectivity index (χ4v) is 4.08. The molecule has 4 rings (SSSR count). The van der Waals surface area contributed by atoms with E-state index in [9.17, 15) is 0 Å². The van der Waals surface area contributed by atoms with Crippen LogP contribution in [0, 0.1) is 0 Å². The first-order valence-corrected chi connectivity index (χ1v) is 9.23. The lowest BCUT2D eigenvalue weighted by atomic mass is 10.1. The van der Waals surface area contributed by atoms with E-state index in [0.717, 1.165) is 26.2 Å².